The number of hydrogen-bond donors (Lipinski definition) is 1. The number of carboxylic acid groups (broad SMARTS) is 1. The first-order valence-electron chi connectivity index (χ1n) is 6.06. The van der Waals surface area contributed by atoms with Crippen LogP contribution in [0.5, 0.6) is 0 Å². The van der Waals surface area contributed by atoms with Crippen LogP contribution in [0.3, 0.4) is 0 Å². The van der Waals surface area contributed by atoms with Crippen molar-refractivity contribution in [1.29, 1.82) is 0 Å². The maximum absolute atomic E-state index is 11.0. The van der Waals surface area contributed by atoms with E-state index in [1.54, 1.807) is 0 Å². The van der Waals surface area contributed by atoms with Crippen LogP contribution in [0, 0.1) is 17.8 Å². The number of hydrogen-bond acceptors (Lipinski definition) is 2. The highest BCUT2D eigenvalue weighted by Crippen LogP contribution is 2.34. The minimum absolute atomic E-state index is 0.141. The van der Waals surface area contributed by atoms with Crippen LogP contribution in [-0.4, -0.2) is 35.1 Å². The Morgan fingerprint density at radius 1 is 1.20 bits per heavy atom. The molecular weight excluding hydrogens is 190 g/mol. The fraction of sp³-hybridized carbons (Fsp3) is 0.917. The average Bonchev–Trinajstić information content (AvgIpc) is 2.71. The first-order chi connectivity index (χ1) is 7.09. The third-order valence-electron chi connectivity index (χ3n) is 4.24. The van der Waals surface area contributed by atoms with Gasteiger partial charge in [0.2, 0.25) is 0 Å². The predicted octanol–water partition coefficient (Wildman–Crippen LogP) is 1.83. The molecule has 1 aliphatic heterocycles. The van der Waals surface area contributed by atoms with Gasteiger partial charge in [-0.2, -0.15) is 0 Å². The van der Waals surface area contributed by atoms with E-state index in [2.05, 4.69) is 18.7 Å². The van der Waals surface area contributed by atoms with Gasteiger partial charge in [0.1, 0.15) is 0 Å². The molecule has 1 N–H and O–H groups in total. The van der Waals surface area contributed by atoms with Crippen molar-refractivity contribution in [2.45, 2.75) is 39.2 Å². The van der Waals surface area contributed by atoms with Crippen LogP contribution in [0.1, 0.15) is 33.1 Å². The number of aliphatic carboxylic acids is 1. The van der Waals surface area contributed by atoms with Gasteiger partial charge >= 0.3 is 5.97 Å². The Balaban J connectivity index is 1.99. The standard InChI is InChI=1S/C12H21NO2/c1-8-4-3-5-11(8)13-6-9(2)10(7-13)12(14)15/h8-11H,3-7H2,1-2H3,(H,14,15)/t8?,9-,10-,11?/m1/s1. The number of nitrogens with zero attached hydrogens (tertiary/aromatic N) is 1. The topological polar surface area (TPSA) is 40.5 Å². The van der Waals surface area contributed by atoms with E-state index in [0.29, 0.717) is 12.0 Å². The molecule has 1 aliphatic carbocycles. The minimum Gasteiger partial charge on any atom is -0.481 e. The molecule has 86 valence electrons. The fourth-order valence-electron chi connectivity index (χ4n) is 3.26. The zero-order chi connectivity index (χ0) is 11.0. The highest BCUT2D eigenvalue weighted by atomic mass is 16.4. The van der Waals surface area contributed by atoms with Gasteiger partial charge in [0.25, 0.3) is 0 Å². The summed E-state index contributed by atoms with van der Waals surface area (Å²) in [5.41, 5.74) is 0. The average molecular weight is 211 g/mol. The smallest absolute Gasteiger partial charge is 0.308 e. The molecule has 3 nitrogen and oxygen atoms in total. The van der Waals surface area contributed by atoms with Crippen LogP contribution in [0.15, 0.2) is 0 Å². The summed E-state index contributed by atoms with van der Waals surface area (Å²) in [5, 5.41) is 9.08. The maximum atomic E-state index is 11.0. The normalized spacial score (nSPS) is 42.3. The molecule has 0 amide bonds. The molecule has 3 heteroatoms. The van der Waals surface area contributed by atoms with Gasteiger partial charge in [-0.1, -0.05) is 20.3 Å². The van der Waals surface area contributed by atoms with Crippen LogP contribution in [0.25, 0.3) is 0 Å². The first kappa shape index (κ1) is 10.9. The molecule has 0 bridgehead atoms. The lowest BCUT2D eigenvalue weighted by atomic mass is 9.99. The molecule has 1 heterocycles. The third kappa shape index (κ3) is 2.03. The van der Waals surface area contributed by atoms with Crippen molar-refractivity contribution in [3.8, 4) is 0 Å². The number of carboxylic acids is 1. The zero-order valence-corrected chi connectivity index (χ0v) is 9.65. The Labute approximate surface area is 91.5 Å². The van der Waals surface area contributed by atoms with Crippen molar-refractivity contribution in [1.82, 2.24) is 4.90 Å². The summed E-state index contributed by atoms with van der Waals surface area (Å²) in [6.45, 7) is 6.12. The highest BCUT2D eigenvalue weighted by molar-refractivity contribution is 5.71. The molecule has 4 atom stereocenters. The number of rotatable bonds is 2. The van der Waals surface area contributed by atoms with Crippen molar-refractivity contribution in [2.75, 3.05) is 13.1 Å². The molecule has 0 aromatic heterocycles. The van der Waals surface area contributed by atoms with Crippen LogP contribution in [0.4, 0.5) is 0 Å². The van der Waals surface area contributed by atoms with Gasteiger partial charge in [0.15, 0.2) is 0 Å². The summed E-state index contributed by atoms with van der Waals surface area (Å²) < 4.78 is 0. The molecule has 2 rings (SSSR count). The lowest BCUT2D eigenvalue weighted by molar-refractivity contribution is -0.142. The fourth-order valence-corrected chi connectivity index (χ4v) is 3.26. The second kappa shape index (κ2) is 4.12. The van der Waals surface area contributed by atoms with Crippen LogP contribution in [-0.2, 0) is 4.79 Å². The van der Waals surface area contributed by atoms with Crippen molar-refractivity contribution in [2.24, 2.45) is 17.8 Å². The van der Waals surface area contributed by atoms with Crippen molar-refractivity contribution < 1.29 is 9.90 Å². The second-order valence-corrected chi connectivity index (χ2v) is 5.35. The highest BCUT2D eigenvalue weighted by Gasteiger charge is 2.40. The zero-order valence-electron chi connectivity index (χ0n) is 9.65. The summed E-state index contributed by atoms with van der Waals surface area (Å²) in [5.74, 6) is 0.313. The number of carbonyl (C=O) groups is 1. The summed E-state index contributed by atoms with van der Waals surface area (Å²) in [4.78, 5) is 13.4. The molecule has 2 aliphatic rings. The summed E-state index contributed by atoms with van der Waals surface area (Å²) >= 11 is 0. The molecule has 0 radical (unpaired) electrons. The van der Waals surface area contributed by atoms with E-state index in [1.807, 2.05) is 0 Å². The van der Waals surface area contributed by atoms with Crippen molar-refractivity contribution in [3.63, 3.8) is 0 Å². The Morgan fingerprint density at radius 3 is 2.40 bits per heavy atom. The van der Waals surface area contributed by atoms with E-state index < -0.39 is 5.97 Å². The molecule has 1 saturated heterocycles. The van der Waals surface area contributed by atoms with Crippen molar-refractivity contribution in [3.05, 3.63) is 0 Å². The molecule has 2 unspecified atom stereocenters. The maximum Gasteiger partial charge on any atom is 0.308 e. The molecular formula is C12H21NO2. The molecule has 0 aromatic rings. The lowest BCUT2D eigenvalue weighted by Crippen LogP contribution is -2.35. The molecule has 0 aromatic carbocycles. The van der Waals surface area contributed by atoms with Crippen LogP contribution in [0.2, 0.25) is 0 Å². The third-order valence-corrected chi connectivity index (χ3v) is 4.24. The van der Waals surface area contributed by atoms with Gasteiger partial charge < -0.3 is 5.11 Å². The summed E-state index contributed by atoms with van der Waals surface area (Å²) in [6.07, 6.45) is 3.89. The minimum atomic E-state index is -0.615. The largest absolute Gasteiger partial charge is 0.481 e. The number of likely N-dealkylation sites (tertiary alicyclic amines) is 1. The summed E-state index contributed by atoms with van der Waals surface area (Å²) in [7, 11) is 0. The summed E-state index contributed by atoms with van der Waals surface area (Å²) in [6, 6.07) is 0.650. The van der Waals surface area contributed by atoms with Gasteiger partial charge in [0, 0.05) is 19.1 Å². The van der Waals surface area contributed by atoms with E-state index in [-0.39, 0.29) is 5.92 Å². The van der Waals surface area contributed by atoms with E-state index in [4.69, 9.17) is 5.11 Å². The van der Waals surface area contributed by atoms with Crippen LogP contribution < -0.4 is 0 Å². The van der Waals surface area contributed by atoms with E-state index in [0.717, 1.165) is 19.0 Å². The van der Waals surface area contributed by atoms with E-state index >= 15 is 0 Å². The second-order valence-electron chi connectivity index (χ2n) is 5.35. The first-order valence-corrected chi connectivity index (χ1v) is 6.06. The van der Waals surface area contributed by atoms with Gasteiger partial charge in [-0.25, -0.2) is 0 Å². The van der Waals surface area contributed by atoms with E-state index in [1.165, 1.54) is 19.3 Å². The Bertz CT molecular complexity index is 254. The van der Waals surface area contributed by atoms with Gasteiger partial charge in [-0.05, 0) is 24.7 Å². The van der Waals surface area contributed by atoms with Gasteiger partial charge in [0.05, 0.1) is 5.92 Å². The van der Waals surface area contributed by atoms with Gasteiger partial charge in [-0.15, -0.1) is 0 Å². The molecule has 15 heavy (non-hydrogen) atoms. The Hall–Kier alpha value is -0.570. The quantitative estimate of drug-likeness (QED) is 0.757. The molecule has 1 saturated carbocycles. The monoisotopic (exact) mass is 211 g/mol. The van der Waals surface area contributed by atoms with Crippen molar-refractivity contribution >= 4 is 5.97 Å². The lowest BCUT2D eigenvalue weighted by Gasteiger charge is -2.27. The van der Waals surface area contributed by atoms with Gasteiger partial charge in [-0.3, -0.25) is 9.69 Å². The van der Waals surface area contributed by atoms with Crippen LogP contribution >= 0.6 is 0 Å². The Morgan fingerprint density at radius 2 is 1.93 bits per heavy atom. The molecule has 2 fully saturated rings. The predicted molar refractivity (Wildman–Crippen MR) is 58.7 cm³/mol. The SMILES string of the molecule is CC1CCCC1N1C[C@@H](C)[C@H](C(=O)O)C1. The molecule has 0 spiro atoms. The van der Waals surface area contributed by atoms with E-state index in [9.17, 15) is 4.79 Å². The Kier molecular flexibility index (Phi) is 3.01.